The third kappa shape index (κ3) is 3.28. The summed E-state index contributed by atoms with van der Waals surface area (Å²) >= 11 is 0. The van der Waals surface area contributed by atoms with Crippen molar-refractivity contribution in [3.8, 4) is 11.3 Å². The Kier molecular flexibility index (Phi) is 4.57. The van der Waals surface area contributed by atoms with E-state index in [1.807, 2.05) is 36.4 Å². The van der Waals surface area contributed by atoms with E-state index < -0.39 is 12.1 Å². The van der Waals surface area contributed by atoms with Crippen molar-refractivity contribution in [3.63, 3.8) is 0 Å². The van der Waals surface area contributed by atoms with Gasteiger partial charge in [0.15, 0.2) is 6.10 Å². The predicted molar refractivity (Wildman–Crippen MR) is 87.7 cm³/mol. The number of benzene rings is 1. The highest BCUT2D eigenvalue weighted by Crippen LogP contribution is 2.20. The first-order valence-corrected chi connectivity index (χ1v) is 7.73. The Morgan fingerprint density at radius 3 is 2.62 bits per heavy atom. The van der Waals surface area contributed by atoms with Crippen LogP contribution in [0.4, 0.5) is 0 Å². The van der Waals surface area contributed by atoms with E-state index in [9.17, 15) is 9.59 Å². The molecule has 3 rings (SSSR count). The zero-order valence-corrected chi connectivity index (χ0v) is 13.3. The SMILES string of the molecule is Cc1nc(-c2ccccc2)ccc1C(=O)N1CCO[C@@H](C(=O)O)C1. The number of amides is 1. The lowest BCUT2D eigenvalue weighted by Crippen LogP contribution is -2.48. The summed E-state index contributed by atoms with van der Waals surface area (Å²) in [5.41, 5.74) is 2.90. The molecule has 0 unspecified atom stereocenters. The number of nitrogens with zero attached hydrogens (tertiary/aromatic N) is 2. The summed E-state index contributed by atoms with van der Waals surface area (Å²) in [6, 6.07) is 13.3. The predicted octanol–water partition coefficient (Wildman–Crippen LogP) is 1.98. The molecular weight excluding hydrogens is 308 g/mol. The summed E-state index contributed by atoms with van der Waals surface area (Å²) in [6.07, 6.45) is -0.973. The van der Waals surface area contributed by atoms with Gasteiger partial charge in [-0.25, -0.2) is 4.79 Å². The van der Waals surface area contributed by atoms with Crippen LogP contribution >= 0.6 is 0 Å². The van der Waals surface area contributed by atoms with Crippen LogP contribution in [0, 0.1) is 6.92 Å². The number of aryl methyl sites for hydroxylation is 1. The molecule has 1 amide bonds. The van der Waals surface area contributed by atoms with Crippen molar-refractivity contribution in [1.82, 2.24) is 9.88 Å². The summed E-state index contributed by atoms with van der Waals surface area (Å²) in [5.74, 6) is -1.27. The molecule has 0 aliphatic carbocycles. The summed E-state index contributed by atoms with van der Waals surface area (Å²) in [4.78, 5) is 29.8. The highest BCUT2D eigenvalue weighted by atomic mass is 16.5. The van der Waals surface area contributed by atoms with Gasteiger partial charge in [-0.2, -0.15) is 0 Å². The second-order valence-corrected chi connectivity index (χ2v) is 5.64. The van der Waals surface area contributed by atoms with E-state index in [-0.39, 0.29) is 19.1 Å². The second-order valence-electron chi connectivity index (χ2n) is 5.64. The minimum atomic E-state index is -1.05. The van der Waals surface area contributed by atoms with Crippen molar-refractivity contribution in [2.75, 3.05) is 19.7 Å². The molecule has 1 saturated heterocycles. The Labute approximate surface area is 139 Å². The highest BCUT2D eigenvalue weighted by molar-refractivity contribution is 5.96. The van der Waals surface area contributed by atoms with E-state index in [1.165, 1.54) is 4.90 Å². The first kappa shape index (κ1) is 16.1. The van der Waals surface area contributed by atoms with Gasteiger partial charge in [0.25, 0.3) is 5.91 Å². The number of carboxylic acid groups (broad SMARTS) is 1. The van der Waals surface area contributed by atoms with Gasteiger partial charge in [0.1, 0.15) is 0 Å². The lowest BCUT2D eigenvalue weighted by atomic mass is 10.1. The quantitative estimate of drug-likeness (QED) is 0.933. The van der Waals surface area contributed by atoms with Gasteiger partial charge in [-0.15, -0.1) is 0 Å². The van der Waals surface area contributed by atoms with Crippen LogP contribution in [0.2, 0.25) is 0 Å². The van der Waals surface area contributed by atoms with E-state index in [0.29, 0.717) is 17.8 Å². The number of aliphatic carboxylic acids is 1. The molecule has 24 heavy (non-hydrogen) atoms. The molecule has 1 N–H and O–H groups in total. The fourth-order valence-corrected chi connectivity index (χ4v) is 2.71. The minimum absolute atomic E-state index is 0.0496. The highest BCUT2D eigenvalue weighted by Gasteiger charge is 2.30. The summed E-state index contributed by atoms with van der Waals surface area (Å²) < 4.78 is 5.15. The largest absolute Gasteiger partial charge is 0.479 e. The topological polar surface area (TPSA) is 79.7 Å². The number of hydrogen-bond donors (Lipinski definition) is 1. The van der Waals surface area contributed by atoms with Crippen LogP contribution < -0.4 is 0 Å². The number of rotatable bonds is 3. The van der Waals surface area contributed by atoms with Crippen LogP contribution in [0.1, 0.15) is 16.1 Å². The second kappa shape index (κ2) is 6.80. The molecule has 2 aromatic rings. The fraction of sp³-hybridized carbons (Fsp3) is 0.278. The van der Waals surface area contributed by atoms with Crippen molar-refractivity contribution in [3.05, 3.63) is 53.7 Å². The molecule has 2 heterocycles. The van der Waals surface area contributed by atoms with Crippen molar-refractivity contribution < 1.29 is 19.4 Å². The van der Waals surface area contributed by atoms with Crippen LogP contribution in [0.5, 0.6) is 0 Å². The monoisotopic (exact) mass is 326 g/mol. The number of morpholine rings is 1. The molecule has 124 valence electrons. The van der Waals surface area contributed by atoms with Gasteiger partial charge >= 0.3 is 5.97 Å². The molecule has 1 aromatic heterocycles. The Hall–Kier alpha value is -2.73. The maximum atomic E-state index is 12.7. The first-order chi connectivity index (χ1) is 11.6. The van der Waals surface area contributed by atoms with E-state index in [1.54, 1.807) is 13.0 Å². The number of carbonyl (C=O) groups is 2. The number of carboxylic acids is 1. The summed E-state index contributed by atoms with van der Waals surface area (Å²) in [7, 11) is 0. The van der Waals surface area contributed by atoms with Gasteiger partial charge in [0.2, 0.25) is 0 Å². The lowest BCUT2D eigenvalue weighted by Gasteiger charge is -2.31. The van der Waals surface area contributed by atoms with Crippen LogP contribution in [0.25, 0.3) is 11.3 Å². The average molecular weight is 326 g/mol. The smallest absolute Gasteiger partial charge is 0.334 e. The molecule has 0 bridgehead atoms. The van der Waals surface area contributed by atoms with E-state index >= 15 is 0 Å². The van der Waals surface area contributed by atoms with Crippen LogP contribution in [-0.2, 0) is 9.53 Å². The van der Waals surface area contributed by atoms with Gasteiger partial charge in [0, 0.05) is 12.1 Å². The molecular formula is C18H18N2O4. The molecule has 0 spiro atoms. The lowest BCUT2D eigenvalue weighted by molar-refractivity contribution is -0.154. The van der Waals surface area contributed by atoms with E-state index in [2.05, 4.69) is 4.98 Å². The number of hydrogen-bond acceptors (Lipinski definition) is 4. The fourth-order valence-electron chi connectivity index (χ4n) is 2.71. The maximum Gasteiger partial charge on any atom is 0.334 e. The van der Waals surface area contributed by atoms with Gasteiger partial charge in [-0.1, -0.05) is 30.3 Å². The zero-order chi connectivity index (χ0) is 17.1. The van der Waals surface area contributed by atoms with Gasteiger partial charge < -0.3 is 14.7 Å². The molecule has 0 radical (unpaired) electrons. The van der Waals surface area contributed by atoms with Gasteiger partial charge in [-0.05, 0) is 19.1 Å². The van der Waals surface area contributed by atoms with Crippen molar-refractivity contribution >= 4 is 11.9 Å². The summed E-state index contributed by atoms with van der Waals surface area (Å²) in [6.45, 7) is 2.43. The molecule has 1 aliphatic rings. The van der Waals surface area contributed by atoms with Crippen LogP contribution in [0.15, 0.2) is 42.5 Å². The average Bonchev–Trinajstić information content (AvgIpc) is 2.62. The molecule has 1 aromatic carbocycles. The Balaban J connectivity index is 1.82. The van der Waals surface area contributed by atoms with Gasteiger partial charge in [-0.3, -0.25) is 9.78 Å². The standard InChI is InChI=1S/C18H18N2O4/c1-12-14(7-8-15(19-12)13-5-3-2-4-6-13)17(21)20-9-10-24-16(11-20)18(22)23/h2-8,16H,9-11H2,1H3,(H,22,23)/t16-/m1/s1. The van der Waals surface area contributed by atoms with Crippen molar-refractivity contribution in [2.45, 2.75) is 13.0 Å². The maximum absolute atomic E-state index is 12.7. The molecule has 6 heteroatoms. The number of carbonyl (C=O) groups excluding carboxylic acids is 1. The number of aromatic nitrogens is 1. The number of ether oxygens (including phenoxy) is 1. The van der Waals surface area contributed by atoms with Crippen LogP contribution in [-0.4, -0.2) is 52.7 Å². The third-order valence-electron chi connectivity index (χ3n) is 4.01. The zero-order valence-electron chi connectivity index (χ0n) is 13.3. The van der Waals surface area contributed by atoms with Crippen LogP contribution in [0.3, 0.4) is 0 Å². The summed E-state index contributed by atoms with van der Waals surface area (Å²) in [5, 5.41) is 9.05. The number of pyridine rings is 1. The van der Waals surface area contributed by atoms with E-state index in [4.69, 9.17) is 9.84 Å². The third-order valence-corrected chi connectivity index (χ3v) is 4.01. The van der Waals surface area contributed by atoms with Crippen molar-refractivity contribution in [2.24, 2.45) is 0 Å². The Morgan fingerprint density at radius 2 is 1.96 bits per heavy atom. The Morgan fingerprint density at radius 1 is 1.21 bits per heavy atom. The Bertz CT molecular complexity index is 761. The normalized spacial score (nSPS) is 17.5. The molecule has 1 fully saturated rings. The minimum Gasteiger partial charge on any atom is -0.479 e. The van der Waals surface area contributed by atoms with E-state index in [0.717, 1.165) is 11.3 Å². The molecule has 1 aliphatic heterocycles. The molecule has 1 atom stereocenters. The molecule has 0 saturated carbocycles. The van der Waals surface area contributed by atoms with Crippen molar-refractivity contribution in [1.29, 1.82) is 0 Å². The first-order valence-electron chi connectivity index (χ1n) is 7.73. The van der Waals surface area contributed by atoms with Gasteiger partial charge in [0.05, 0.1) is 30.1 Å². The molecule has 6 nitrogen and oxygen atoms in total.